The van der Waals surface area contributed by atoms with Crippen LogP contribution in [-0.2, 0) is 9.53 Å². The average molecular weight is 256 g/mol. The SMILES string of the molecule is CCCOCCC(=O)NCC1NCCCC1(C)C. The third-order valence-electron chi connectivity index (χ3n) is 3.66. The Morgan fingerprint density at radius 3 is 2.89 bits per heavy atom. The number of hydrogen-bond donors (Lipinski definition) is 2. The normalized spacial score (nSPS) is 22.7. The molecule has 18 heavy (non-hydrogen) atoms. The zero-order chi connectivity index (χ0) is 13.4. The molecule has 1 saturated heterocycles. The van der Waals surface area contributed by atoms with E-state index >= 15 is 0 Å². The van der Waals surface area contributed by atoms with Crippen LogP contribution in [-0.4, -0.2) is 38.3 Å². The van der Waals surface area contributed by atoms with Crippen molar-refractivity contribution in [1.82, 2.24) is 10.6 Å². The molecule has 1 unspecified atom stereocenters. The lowest BCUT2D eigenvalue weighted by atomic mass is 9.77. The van der Waals surface area contributed by atoms with Crippen LogP contribution in [0.15, 0.2) is 0 Å². The van der Waals surface area contributed by atoms with E-state index in [0.717, 1.165) is 26.1 Å². The number of rotatable bonds is 7. The minimum Gasteiger partial charge on any atom is -0.381 e. The van der Waals surface area contributed by atoms with Crippen molar-refractivity contribution in [2.24, 2.45) is 5.41 Å². The van der Waals surface area contributed by atoms with Crippen LogP contribution in [0.5, 0.6) is 0 Å². The van der Waals surface area contributed by atoms with E-state index in [0.29, 0.717) is 19.1 Å². The number of carbonyl (C=O) groups excluding carboxylic acids is 1. The zero-order valence-corrected chi connectivity index (χ0v) is 12.1. The molecule has 1 fully saturated rings. The smallest absolute Gasteiger partial charge is 0.222 e. The highest BCUT2D eigenvalue weighted by atomic mass is 16.5. The maximum Gasteiger partial charge on any atom is 0.222 e. The van der Waals surface area contributed by atoms with E-state index in [2.05, 4.69) is 31.4 Å². The Balaban J connectivity index is 2.17. The highest BCUT2D eigenvalue weighted by molar-refractivity contribution is 5.75. The molecule has 1 heterocycles. The lowest BCUT2D eigenvalue weighted by Crippen LogP contribution is -2.52. The van der Waals surface area contributed by atoms with Crippen molar-refractivity contribution in [3.05, 3.63) is 0 Å². The molecule has 1 amide bonds. The summed E-state index contributed by atoms with van der Waals surface area (Å²) in [5, 5.41) is 6.50. The molecule has 0 saturated carbocycles. The van der Waals surface area contributed by atoms with Gasteiger partial charge in [0.05, 0.1) is 6.61 Å². The molecular formula is C14H28N2O2. The van der Waals surface area contributed by atoms with E-state index in [1.165, 1.54) is 12.8 Å². The van der Waals surface area contributed by atoms with Crippen molar-refractivity contribution in [3.63, 3.8) is 0 Å². The fourth-order valence-electron chi connectivity index (χ4n) is 2.33. The maximum absolute atomic E-state index is 11.6. The number of amides is 1. The van der Waals surface area contributed by atoms with Crippen LogP contribution in [0.4, 0.5) is 0 Å². The van der Waals surface area contributed by atoms with E-state index < -0.39 is 0 Å². The second-order valence-electron chi connectivity index (χ2n) is 5.77. The molecule has 0 aromatic heterocycles. The van der Waals surface area contributed by atoms with Gasteiger partial charge in [-0.1, -0.05) is 20.8 Å². The van der Waals surface area contributed by atoms with Crippen LogP contribution in [0.2, 0.25) is 0 Å². The second-order valence-corrected chi connectivity index (χ2v) is 5.77. The first-order valence-electron chi connectivity index (χ1n) is 7.14. The number of nitrogens with one attached hydrogen (secondary N) is 2. The Kier molecular flexibility index (Phi) is 6.65. The summed E-state index contributed by atoms with van der Waals surface area (Å²) in [5.74, 6) is 0.0919. The fraction of sp³-hybridized carbons (Fsp3) is 0.929. The molecular weight excluding hydrogens is 228 g/mol. The summed E-state index contributed by atoms with van der Waals surface area (Å²) < 4.78 is 5.31. The number of carbonyl (C=O) groups is 1. The van der Waals surface area contributed by atoms with Gasteiger partial charge in [0, 0.05) is 25.6 Å². The second kappa shape index (κ2) is 7.74. The molecule has 0 spiro atoms. The lowest BCUT2D eigenvalue weighted by Gasteiger charge is -2.39. The van der Waals surface area contributed by atoms with Gasteiger partial charge < -0.3 is 15.4 Å². The topological polar surface area (TPSA) is 50.4 Å². The Hall–Kier alpha value is -0.610. The van der Waals surface area contributed by atoms with Crippen LogP contribution in [0.3, 0.4) is 0 Å². The van der Waals surface area contributed by atoms with E-state index in [-0.39, 0.29) is 11.3 Å². The molecule has 0 aromatic rings. The van der Waals surface area contributed by atoms with Gasteiger partial charge in [-0.15, -0.1) is 0 Å². The Morgan fingerprint density at radius 2 is 2.22 bits per heavy atom. The van der Waals surface area contributed by atoms with Gasteiger partial charge in [-0.25, -0.2) is 0 Å². The molecule has 0 aromatic carbocycles. The van der Waals surface area contributed by atoms with Gasteiger partial charge >= 0.3 is 0 Å². The summed E-state index contributed by atoms with van der Waals surface area (Å²) in [6, 6.07) is 0.381. The molecule has 4 heteroatoms. The third-order valence-corrected chi connectivity index (χ3v) is 3.66. The van der Waals surface area contributed by atoms with Crippen molar-refractivity contribution < 1.29 is 9.53 Å². The molecule has 1 atom stereocenters. The van der Waals surface area contributed by atoms with Crippen LogP contribution in [0.1, 0.15) is 46.5 Å². The summed E-state index contributed by atoms with van der Waals surface area (Å²) in [6.07, 6.45) is 3.91. The fourth-order valence-corrected chi connectivity index (χ4v) is 2.33. The first-order valence-corrected chi connectivity index (χ1v) is 7.14. The first-order chi connectivity index (χ1) is 8.56. The molecule has 0 radical (unpaired) electrons. The predicted octanol–water partition coefficient (Wildman–Crippen LogP) is 1.70. The van der Waals surface area contributed by atoms with Gasteiger partial charge in [0.2, 0.25) is 5.91 Å². The first kappa shape index (κ1) is 15.4. The van der Waals surface area contributed by atoms with E-state index in [9.17, 15) is 4.79 Å². The van der Waals surface area contributed by atoms with Crippen molar-refractivity contribution >= 4 is 5.91 Å². The Bertz CT molecular complexity index is 254. The van der Waals surface area contributed by atoms with Gasteiger partial charge in [-0.3, -0.25) is 4.79 Å². The molecule has 4 nitrogen and oxygen atoms in total. The molecule has 0 aliphatic carbocycles. The monoisotopic (exact) mass is 256 g/mol. The quantitative estimate of drug-likeness (QED) is 0.682. The number of hydrogen-bond acceptors (Lipinski definition) is 3. The van der Waals surface area contributed by atoms with Crippen LogP contribution in [0, 0.1) is 5.41 Å². The van der Waals surface area contributed by atoms with Gasteiger partial charge in [0.15, 0.2) is 0 Å². The summed E-state index contributed by atoms with van der Waals surface area (Å²) in [4.78, 5) is 11.6. The minimum absolute atomic E-state index is 0.0919. The van der Waals surface area contributed by atoms with Crippen LogP contribution >= 0.6 is 0 Å². The van der Waals surface area contributed by atoms with E-state index in [1.54, 1.807) is 0 Å². The molecule has 1 aliphatic heterocycles. The van der Waals surface area contributed by atoms with Crippen molar-refractivity contribution in [2.75, 3.05) is 26.3 Å². The number of ether oxygens (including phenoxy) is 1. The molecule has 1 aliphatic rings. The van der Waals surface area contributed by atoms with Gasteiger partial charge in [0.1, 0.15) is 0 Å². The van der Waals surface area contributed by atoms with Crippen molar-refractivity contribution in [1.29, 1.82) is 0 Å². The third kappa shape index (κ3) is 5.36. The lowest BCUT2D eigenvalue weighted by molar-refractivity contribution is -0.122. The minimum atomic E-state index is 0.0919. The van der Waals surface area contributed by atoms with Crippen LogP contribution in [0.25, 0.3) is 0 Å². The summed E-state index contributed by atoms with van der Waals surface area (Å²) >= 11 is 0. The van der Waals surface area contributed by atoms with Crippen molar-refractivity contribution in [3.8, 4) is 0 Å². The highest BCUT2D eigenvalue weighted by Gasteiger charge is 2.31. The molecule has 2 N–H and O–H groups in total. The summed E-state index contributed by atoms with van der Waals surface area (Å²) in [5.41, 5.74) is 0.268. The van der Waals surface area contributed by atoms with Gasteiger partial charge in [0.25, 0.3) is 0 Å². The molecule has 106 valence electrons. The Labute approximate surface area is 111 Å². The van der Waals surface area contributed by atoms with Crippen molar-refractivity contribution in [2.45, 2.75) is 52.5 Å². The van der Waals surface area contributed by atoms with E-state index in [1.807, 2.05) is 0 Å². The predicted molar refractivity (Wildman–Crippen MR) is 73.5 cm³/mol. The molecule has 0 bridgehead atoms. The van der Waals surface area contributed by atoms with E-state index in [4.69, 9.17) is 4.74 Å². The standard InChI is InChI=1S/C14H28N2O2/c1-4-9-18-10-6-13(17)16-11-12-14(2,3)7-5-8-15-12/h12,15H,4-11H2,1-3H3,(H,16,17). The van der Waals surface area contributed by atoms with Gasteiger partial charge in [-0.05, 0) is 31.2 Å². The zero-order valence-electron chi connectivity index (χ0n) is 12.1. The maximum atomic E-state index is 11.6. The number of piperidine rings is 1. The largest absolute Gasteiger partial charge is 0.381 e. The van der Waals surface area contributed by atoms with Crippen LogP contribution < -0.4 is 10.6 Å². The van der Waals surface area contributed by atoms with Gasteiger partial charge in [-0.2, -0.15) is 0 Å². The highest BCUT2D eigenvalue weighted by Crippen LogP contribution is 2.29. The average Bonchev–Trinajstić information content (AvgIpc) is 2.33. The summed E-state index contributed by atoms with van der Waals surface area (Å²) in [7, 11) is 0. The summed E-state index contributed by atoms with van der Waals surface area (Å²) in [6.45, 7) is 9.65. The molecule has 1 rings (SSSR count). The Morgan fingerprint density at radius 1 is 1.44 bits per heavy atom.